The Kier molecular flexibility index (Phi) is 4.44. The number of primary amides is 1. The monoisotopic (exact) mass is 380 g/mol. The summed E-state index contributed by atoms with van der Waals surface area (Å²) >= 11 is 3.11. The van der Waals surface area contributed by atoms with Gasteiger partial charge in [-0.15, -0.1) is 22.7 Å². The zero-order valence-electron chi connectivity index (χ0n) is 13.8. The Hall–Kier alpha value is -2.70. The van der Waals surface area contributed by atoms with E-state index in [2.05, 4.69) is 17.4 Å². The average Bonchev–Trinajstić information content (AvgIpc) is 3.20. The van der Waals surface area contributed by atoms with E-state index in [9.17, 15) is 9.59 Å². The molecule has 0 spiro atoms. The number of thiophene rings is 2. The molecule has 2 aromatic heterocycles. The number of amides is 2. The van der Waals surface area contributed by atoms with Gasteiger partial charge in [-0.2, -0.15) is 0 Å². The van der Waals surface area contributed by atoms with Crippen molar-refractivity contribution in [2.24, 2.45) is 5.73 Å². The van der Waals surface area contributed by atoms with Crippen LogP contribution in [0.4, 0.5) is 0 Å². The zero-order valence-corrected chi connectivity index (χ0v) is 15.4. The minimum Gasteiger partial charge on any atom is -0.368 e. The lowest BCUT2D eigenvalue weighted by Gasteiger charge is -2.15. The van der Waals surface area contributed by atoms with Crippen molar-refractivity contribution in [2.45, 2.75) is 12.5 Å². The number of hydrogen-bond acceptors (Lipinski definition) is 4. The molecule has 130 valence electrons. The Morgan fingerprint density at radius 3 is 2.46 bits per heavy atom. The van der Waals surface area contributed by atoms with Crippen LogP contribution in [0.3, 0.4) is 0 Å². The molecule has 4 rings (SSSR count). The van der Waals surface area contributed by atoms with Gasteiger partial charge in [-0.3, -0.25) is 9.59 Å². The van der Waals surface area contributed by atoms with E-state index < -0.39 is 11.9 Å². The summed E-state index contributed by atoms with van der Waals surface area (Å²) in [6.45, 7) is 0. The van der Waals surface area contributed by atoms with Crippen LogP contribution in [0.1, 0.15) is 15.2 Å². The predicted molar refractivity (Wildman–Crippen MR) is 108 cm³/mol. The highest BCUT2D eigenvalue weighted by atomic mass is 32.1. The van der Waals surface area contributed by atoms with E-state index in [4.69, 9.17) is 5.73 Å². The third-order valence-corrected chi connectivity index (χ3v) is 6.62. The fourth-order valence-corrected chi connectivity index (χ4v) is 5.34. The second-order valence-corrected chi connectivity index (χ2v) is 8.16. The highest BCUT2D eigenvalue weighted by Gasteiger charge is 2.21. The first-order valence-corrected chi connectivity index (χ1v) is 9.80. The Morgan fingerprint density at radius 2 is 1.69 bits per heavy atom. The number of hydrogen-bond donors (Lipinski definition) is 2. The number of nitrogens with two attached hydrogens (primary N) is 1. The third kappa shape index (κ3) is 3.21. The van der Waals surface area contributed by atoms with Gasteiger partial charge >= 0.3 is 0 Å². The maximum absolute atomic E-state index is 12.6. The maximum atomic E-state index is 12.6. The smallest absolute Gasteiger partial charge is 0.262 e. The molecule has 2 aromatic carbocycles. The minimum absolute atomic E-state index is 0.262. The number of nitrogens with one attached hydrogen (secondary N) is 1. The molecule has 26 heavy (non-hydrogen) atoms. The fourth-order valence-electron chi connectivity index (χ4n) is 2.91. The summed E-state index contributed by atoms with van der Waals surface area (Å²) in [5.41, 5.74) is 6.45. The van der Waals surface area contributed by atoms with Gasteiger partial charge in [0.15, 0.2) is 0 Å². The molecule has 2 amide bonds. The molecule has 1 atom stereocenters. The van der Waals surface area contributed by atoms with Gasteiger partial charge < -0.3 is 11.1 Å². The van der Waals surface area contributed by atoms with Crippen molar-refractivity contribution < 1.29 is 9.59 Å². The van der Waals surface area contributed by atoms with E-state index in [-0.39, 0.29) is 5.91 Å². The summed E-state index contributed by atoms with van der Waals surface area (Å²) in [7, 11) is 0. The Morgan fingerprint density at radius 1 is 0.962 bits per heavy atom. The summed E-state index contributed by atoms with van der Waals surface area (Å²) in [5, 5.41) is 3.94. The minimum atomic E-state index is -0.734. The van der Waals surface area contributed by atoms with E-state index >= 15 is 0 Å². The maximum Gasteiger partial charge on any atom is 0.262 e. The van der Waals surface area contributed by atoms with Crippen LogP contribution in [0.5, 0.6) is 0 Å². The van der Waals surface area contributed by atoms with Crippen molar-refractivity contribution in [2.75, 3.05) is 0 Å². The number of rotatable bonds is 5. The van der Waals surface area contributed by atoms with E-state index in [0.29, 0.717) is 11.3 Å². The Labute approximate surface area is 158 Å². The predicted octanol–water partition coefficient (Wildman–Crippen LogP) is 3.94. The first kappa shape index (κ1) is 16.8. The average molecular weight is 380 g/mol. The molecule has 0 aliphatic rings. The molecule has 6 heteroatoms. The van der Waals surface area contributed by atoms with Gasteiger partial charge in [0.1, 0.15) is 6.04 Å². The van der Waals surface area contributed by atoms with Crippen molar-refractivity contribution in [3.63, 3.8) is 0 Å². The van der Waals surface area contributed by atoms with Gasteiger partial charge in [-0.1, -0.05) is 48.5 Å². The van der Waals surface area contributed by atoms with Crippen molar-refractivity contribution >= 4 is 54.0 Å². The number of carbonyl (C=O) groups is 2. The summed E-state index contributed by atoms with van der Waals surface area (Å²) in [6.07, 6.45) is 0.380. The molecule has 1 unspecified atom stereocenters. The van der Waals surface area contributed by atoms with Crippen molar-refractivity contribution in [3.8, 4) is 0 Å². The highest BCUT2D eigenvalue weighted by molar-refractivity contribution is 7.33. The van der Waals surface area contributed by atoms with Crippen LogP contribution in [0, 0.1) is 0 Å². The quantitative estimate of drug-likeness (QED) is 0.550. The molecule has 4 nitrogen and oxygen atoms in total. The molecule has 0 bridgehead atoms. The van der Waals surface area contributed by atoms with E-state index in [1.807, 2.05) is 48.5 Å². The van der Waals surface area contributed by atoms with Crippen LogP contribution in [-0.2, 0) is 11.2 Å². The first-order chi connectivity index (χ1) is 12.6. The topological polar surface area (TPSA) is 72.2 Å². The standard InChI is InChI=1S/C20H16N2O2S2/c21-19(23)14(10-12-6-2-1-3-7-12)22-20(24)17-11-16-18(26-17)13-8-4-5-9-15(13)25-16/h1-9,11,14H,10H2,(H2,21,23)(H,22,24). The van der Waals surface area contributed by atoms with Crippen LogP contribution < -0.4 is 11.1 Å². The fraction of sp³-hybridized carbons (Fsp3) is 0.100. The Bertz CT molecular complexity index is 1100. The van der Waals surface area contributed by atoms with Crippen molar-refractivity contribution in [3.05, 3.63) is 71.1 Å². The lowest BCUT2D eigenvalue weighted by Crippen LogP contribution is -2.45. The van der Waals surface area contributed by atoms with E-state index in [1.54, 1.807) is 11.3 Å². The summed E-state index contributed by atoms with van der Waals surface area (Å²) < 4.78 is 3.40. The van der Waals surface area contributed by atoms with Gasteiger partial charge in [0.25, 0.3) is 5.91 Å². The highest BCUT2D eigenvalue weighted by Crippen LogP contribution is 2.39. The Balaban J connectivity index is 1.57. The van der Waals surface area contributed by atoms with Gasteiger partial charge in [0.05, 0.1) is 9.58 Å². The molecule has 0 fully saturated rings. The lowest BCUT2D eigenvalue weighted by molar-refractivity contribution is -0.119. The largest absolute Gasteiger partial charge is 0.368 e. The van der Waals surface area contributed by atoms with E-state index in [0.717, 1.165) is 20.3 Å². The zero-order chi connectivity index (χ0) is 18.1. The molecule has 0 aliphatic heterocycles. The normalized spacial score (nSPS) is 12.3. The van der Waals surface area contributed by atoms with Gasteiger partial charge in [-0.25, -0.2) is 0 Å². The molecule has 0 radical (unpaired) electrons. The van der Waals surface area contributed by atoms with Crippen molar-refractivity contribution in [1.82, 2.24) is 5.32 Å². The van der Waals surface area contributed by atoms with Crippen LogP contribution in [0.25, 0.3) is 19.5 Å². The summed E-state index contributed by atoms with van der Waals surface area (Å²) in [4.78, 5) is 25.0. The molecule has 4 aromatic rings. The van der Waals surface area contributed by atoms with Gasteiger partial charge in [-0.05, 0) is 17.7 Å². The molecular formula is C20H16N2O2S2. The molecule has 2 heterocycles. The summed E-state index contributed by atoms with van der Waals surface area (Å²) in [6, 6.07) is 18.8. The molecular weight excluding hydrogens is 364 g/mol. The second-order valence-electron chi connectivity index (χ2n) is 6.02. The van der Waals surface area contributed by atoms with Crippen molar-refractivity contribution in [1.29, 1.82) is 0 Å². The van der Waals surface area contributed by atoms with Crippen LogP contribution in [-0.4, -0.2) is 17.9 Å². The van der Waals surface area contributed by atoms with Crippen LogP contribution >= 0.6 is 22.7 Å². The summed E-state index contributed by atoms with van der Waals surface area (Å²) in [5.74, 6) is -0.798. The number of benzene rings is 2. The molecule has 0 aliphatic carbocycles. The van der Waals surface area contributed by atoms with E-state index in [1.165, 1.54) is 16.0 Å². The second kappa shape index (κ2) is 6.90. The van der Waals surface area contributed by atoms with Gasteiger partial charge in [0.2, 0.25) is 5.91 Å². The molecule has 3 N–H and O–H groups in total. The number of fused-ring (bicyclic) bond motifs is 3. The number of carbonyl (C=O) groups excluding carboxylic acids is 2. The van der Waals surface area contributed by atoms with Crippen LogP contribution in [0.2, 0.25) is 0 Å². The lowest BCUT2D eigenvalue weighted by atomic mass is 10.1. The van der Waals surface area contributed by atoms with Crippen LogP contribution in [0.15, 0.2) is 60.7 Å². The molecule has 0 saturated carbocycles. The molecule has 0 saturated heterocycles. The van der Waals surface area contributed by atoms with Gasteiger partial charge in [0, 0.05) is 21.2 Å². The first-order valence-electron chi connectivity index (χ1n) is 8.17. The SMILES string of the molecule is NC(=O)C(Cc1ccccc1)NC(=O)c1cc2sc3ccccc3c2s1. The third-order valence-electron chi connectivity index (χ3n) is 4.20.